The zero-order chi connectivity index (χ0) is 9.10. The smallest absolute Gasteiger partial charge is 0.152 e. The Morgan fingerprint density at radius 1 is 1.23 bits per heavy atom. The van der Waals surface area contributed by atoms with Crippen LogP contribution in [0.1, 0.15) is 5.56 Å². The zero-order valence-corrected chi connectivity index (χ0v) is 6.57. The molecule has 0 atom stereocenters. The van der Waals surface area contributed by atoms with Crippen LogP contribution in [0.25, 0.3) is 11.0 Å². The number of nitriles is 1. The number of fused-ring (bicyclic) bond motifs is 1. The van der Waals surface area contributed by atoms with Crippen molar-refractivity contribution in [2.24, 2.45) is 0 Å². The highest BCUT2D eigenvalue weighted by Gasteiger charge is 1.96. The minimum absolute atomic E-state index is 0.754. The monoisotopic (exact) mass is 168 g/mol. The third-order valence-corrected chi connectivity index (χ3v) is 1.58. The van der Waals surface area contributed by atoms with E-state index in [2.05, 4.69) is 27.3 Å². The number of H-pyrrole nitrogens is 1. The molecule has 0 saturated carbocycles. The molecule has 0 unspecified atom stereocenters. The maximum Gasteiger partial charge on any atom is 0.152 e. The van der Waals surface area contributed by atoms with Crippen LogP contribution in [0.15, 0.2) is 18.2 Å². The number of nitrogens with one attached hydrogen (secondary N) is 1. The summed E-state index contributed by atoms with van der Waals surface area (Å²) in [6.07, 6.45) is 0. The van der Waals surface area contributed by atoms with Crippen LogP contribution in [0.5, 0.6) is 0 Å². The molecule has 1 aromatic heterocycles. The summed E-state index contributed by atoms with van der Waals surface area (Å²) in [7, 11) is 0. The van der Waals surface area contributed by atoms with E-state index >= 15 is 0 Å². The standard InChI is InChI=1S/C9H4N4/c10-5-1-2-7-3-4-8-9(6-7)12-13-11-8/h3-4,6H,(H,11,12,13). The first-order valence-electron chi connectivity index (χ1n) is 3.61. The van der Waals surface area contributed by atoms with E-state index in [1.807, 2.05) is 0 Å². The van der Waals surface area contributed by atoms with E-state index in [1.165, 1.54) is 0 Å². The molecule has 4 heteroatoms. The van der Waals surface area contributed by atoms with Crippen molar-refractivity contribution in [3.05, 3.63) is 23.8 Å². The fraction of sp³-hybridized carbons (Fsp3) is 0. The van der Waals surface area contributed by atoms with Crippen molar-refractivity contribution < 1.29 is 0 Å². The summed E-state index contributed by atoms with van der Waals surface area (Å²) >= 11 is 0. The molecule has 0 saturated heterocycles. The molecule has 60 valence electrons. The molecule has 0 spiro atoms. The Morgan fingerprint density at radius 2 is 2.08 bits per heavy atom. The summed E-state index contributed by atoms with van der Waals surface area (Å²) in [4.78, 5) is 0. The molecule has 0 aliphatic carbocycles. The van der Waals surface area contributed by atoms with Gasteiger partial charge in [0.25, 0.3) is 0 Å². The quantitative estimate of drug-likeness (QED) is 0.592. The van der Waals surface area contributed by atoms with Gasteiger partial charge in [-0.3, -0.25) is 0 Å². The Bertz CT molecular complexity index is 536. The van der Waals surface area contributed by atoms with Crippen LogP contribution in [0, 0.1) is 23.2 Å². The topological polar surface area (TPSA) is 65.4 Å². The maximum absolute atomic E-state index is 8.24. The van der Waals surface area contributed by atoms with Crippen LogP contribution >= 0.6 is 0 Å². The van der Waals surface area contributed by atoms with Crippen molar-refractivity contribution in [2.45, 2.75) is 0 Å². The van der Waals surface area contributed by atoms with Gasteiger partial charge in [0.1, 0.15) is 11.0 Å². The number of aromatic nitrogens is 3. The molecule has 1 N–H and O–H groups in total. The fourth-order valence-corrected chi connectivity index (χ4v) is 1.02. The van der Waals surface area contributed by atoms with Crippen LogP contribution in [-0.4, -0.2) is 15.4 Å². The molecular formula is C9H4N4. The second-order valence-corrected chi connectivity index (χ2v) is 2.39. The van der Waals surface area contributed by atoms with Crippen LogP contribution in [0.4, 0.5) is 0 Å². The first-order chi connectivity index (χ1) is 6.40. The van der Waals surface area contributed by atoms with Gasteiger partial charge in [0.05, 0.1) is 0 Å². The summed E-state index contributed by atoms with van der Waals surface area (Å²) < 4.78 is 0. The van der Waals surface area contributed by atoms with Gasteiger partial charge in [-0.1, -0.05) is 5.92 Å². The molecule has 0 radical (unpaired) electrons. The first kappa shape index (κ1) is 7.33. The molecule has 1 heterocycles. The summed E-state index contributed by atoms with van der Waals surface area (Å²) in [5, 5.41) is 18.5. The minimum Gasteiger partial charge on any atom is -0.197 e. The lowest BCUT2D eigenvalue weighted by Crippen LogP contribution is -1.74. The highest BCUT2D eigenvalue weighted by Crippen LogP contribution is 2.08. The lowest BCUT2D eigenvalue weighted by atomic mass is 10.2. The van der Waals surface area contributed by atoms with Crippen LogP contribution in [0.2, 0.25) is 0 Å². The van der Waals surface area contributed by atoms with Crippen molar-refractivity contribution in [1.82, 2.24) is 15.4 Å². The molecule has 2 aromatic rings. The Hall–Kier alpha value is -2.33. The van der Waals surface area contributed by atoms with Crippen molar-refractivity contribution >= 4 is 11.0 Å². The predicted molar refractivity (Wildman–Crippen MR) is 46.4 cm³/mol. The van der Waals surface area contributed by atoms with Crippen LogP contribution in [-0.2, 0) is 0 Å². The normalized spacial score (nSPS) is 8.85. The predicted octanol–water partition coefficient (Wildman–Crippen LogP) is 0.833. The minimum atomic E-state index is 0.754. The van der Waals surface area contributed by atoms with E-state index in [4.69, 9.17) is 5.26 Å². The summed E-state index contributed by atoms with van der Waals surface area (Å²) in [6, 6.07) is 7.14. The van der Waals surface area contributed by atoms with Gasteiger partial charge in [0.15, 0.2) is 6.07 Å². The van der Waals surface area contributed by atoms with Gasteiger partial charge in [0.2, 0.25) is 0 Å². The Labute approximate surface area is 74.2 Å². The van der Waals surface area contributed by atoms with E-state index in [1.54, 1.807) is 24.3 Å². The molecule has 0 amide bonds. The van der Waals surface area contributed by atoms with Crippen molar-refractivity contribution in [3.8, 4) is 17.9 Å². The van der Waals surface area contributed by atoms with Gasteiger partial charge in [0, 0.05) is 11.5 Å². The molecule has 0 fully saturated rings. The second kappa shape index (κ2) is 2.96. The molecule has 0 aliphatic heterocycles. The zero-order valence-electron chi connectivity index (χ0n) is 6.57. The number of hydrogen-bond donors (Lipinski definition) is 1. The summed E-state index contributed by atoms with van der Waals surface area (Å²) in [6.45, 7) is 0. The SMILES string of the molecule is N#CC#Cc1ccc2n[nH]nc2c1. The van der Waals surface area contributed by atoms with Gasteiger partial charge >= 0.3 is 0 Å². The summed E-state index contributed by atoms with van der Waals surface area (Å²) in [5.41, 5.74) is 2.31. The Morgan fingerprint density at radius 3 is 2.92 bits per heavy atom. The number of nitrogens with zero attached hydrogens (tertiary/aromatic N) is 3. The Balaban J connectivity index is 2.56. The Kier molecular flexibility index (Phi) is 1.67. The molecule has 0 aliphatic rings. The van der Waals surface area contributed by atoms with Gasteiger partial charge in [-0.2, -0.15) is 20.7 Å². The average Bonchev–Trinajstić information content (AvgIpc) is 2.61. The summed E-state index contributed by atoms with van der Waals surface area (Å²) in [5.74, 6) is 5.00. The second-order valence-electron chi connectivity index (χ2n) is 2.39. The number of aromatic amines is 1. The lowest BCUT2D eigenvalue weighted by Gasteiger charge is -1.86. The number of hydrogen-bond acceptors (Lipinski definition) is 3. The van der Waals surface area contributed by atoms with Gasteiger partial charge in [-0.15, -0.1) is 0 Å². The highest BCUT2D eigenvalue weighted by atomic mass is 15.3. The average molecular weight is 168 g/mol. The molecule has 4 nitrogen and oxygen atoms in total. The van der Waals surface area contributed by atoms with Crippen LogP contribution in [0.3, 0.4) is 0 Å². The van der Waals surface area contributed by atoms with Gasteiger partial charge < -0.3 is 0 Å². The number of benzene rings is 1. The highest BCUT2D eigenvalue weighted by molar-refractivity contribution is 5.75. The third kappa shape index (κ3) is 1.33. The fourth-order valence-electron chi connectivity index (χ4n) is 1.02. The van der Waals surface area contributed by atoms with E-state index < -0.39 is 0 Å². The molecule has 2 rings (SSSR count). The molecule has 13 heavy (non-hydrogen) atoms. The van der Waals surface area contributed by atoms with Crippen molar-refractivity contribution in [3.63, 3.8) is 0 Å². The van der Waals surface area contributed by atoms with Crippen LogP contribution < -0.4 is 0 Å². The first-order valence-corrected chi connectivity index (χ1v) is 3.61. The van der Waals surface area contributed by atoms with E-state index in [0.29, 0.717) is 0 Å². The lowest BCUT2D eigenvalue weighted by molar-refractivity contribution is 0.959. The van der Waals surface area contributed by atoms with Gasteiger partial charge in [-0.25, -0.2) is 0 Å². The molecular weight excluding hydrogens is 164 g/mol. The van der Waals surface area contributed by atoms with Crippen molar-refractivity contribution in [2.75, 3.05) is 0 Å². The van der Waals surface area contributed by atoms with E-state index in [0.717, 1.165) is 16.6 Å². The van der Waals surface area contributed by atoms with E-state index in [9.17, 15) is 0 Å². The van der Waals surface area contributed by atoms with Crippen molar-refractivity contribution in [1.29, 1.82) is 5.26 Å². The van der Waals surface area contributed by atoms with E-state index in [-0.39, 0.29) is 0 Å². The number of rotatable bonds is 0. The maximum atomic E-state index is 8.24. The largest absolute Gasteiger partial charge is 0.197 e. The molecule has 1 aromatic carbocycles. The third-order valence-electron chi connectivity index (χ3n) is 1.58. The molecule has 0 bridgehead atoms. The van der Waals surface area contributed by atoms with Gasteiger partial charge in [-0.05, 0) is 18.2 Å².